The van der Waals surface area contributed by atoms with Crippen molar-refractivity contribution in [2.45, 2.75) is 46.3 Å². The lowest BCUT2D eigenvalue weighted by atomic mass is 10.0. The van der Waals surface area contributed by atoms with Crippen LogP contribution in [-0.2, 0) is 0 Å². The maximum absolute atomic E-state index is 5.97. The molecule has 2 N–H and O–H groups in total. The highest BCUT2D eigenvalue weighted by Gasteiger charge is 2.07. The average Bonchev–Trinajstić information content (AvgIpc) is 2.19. The first-order chi connectivity index (χ1) is 7.04. The monoisotopic (exact) mass is 207 g/mol. The van der Waals surface area contributed by atoms with Gasteiger partial charge in [-0.2, -0.15) is 0 Å². The standard InChI is InChI=1S/C13H21NO/c1-5-12(14)11-6-7-13(10(4)8-11)15-9(2)3/h6-9,12H,5,14H2,1-4H3. The van der Waals surface area contributed by atoms with E-state index in [1.165, 1.54) is 5.56 Å². The molecule has 0 amide bonds. The van der Waals surface area contributed by atoms with Crippen LogP contribution in [0.3, 0.4) is 0 Å². The summed E-state index contributed by atoms with van der Waals surface area (Å²) in [5.74, 6) is 0.956. The normalized spacial score (nSPS) is 12.9. The number of hydrogen-bond acceptors (Lipinski definition) is 2. The largest absolute Gasteiger partial charge is 0.491 e. The van der Waals surface area contributed by atoms with Gasteiger partial charge in [0, 0.05) is 6.04 Å². The van der Waals surface area contributed by atoms with Crippen molar-refractivity contribution in [3.05, 3.63) is 29.3 Å². The Morgan fingerprint density at radius 2 is 2.00 bits per heavy atom. The molecule has 1 atom stereocenters. The van der Waals surface area contributed by atoms with Crippen LogP contribution >= 0.6 is 0 Å². The third kappa shape index (κ3) is 3.24. The fourth-order valence-electron chi connectivity index (χ4n) is 1.53. The fourth-order valence-corrected chi connectivity index (χ4v) is 1.53. The van der Waals surface area contributed by atoms with Crippen LogP contribution in [0, 0.1) is 6.92 Å². The fraction of sp³-hybridized carbons (Fsp3) is 0.538. The van der Waals surface area contributed by atoms with E-state index >= 15 is 0 Å². The molecule has 0 fully saturated rings. The van der Waals surface area contributed by atoms with E-state index in [0.29, 0.717) is 0 Å². The van der Waals surface area contributed by atoms with E-state index in [9.17, 15) is 0 Å². The van der Waals surface area contributed by atoms with Crippen LogP contribution in [0.15, 0.2) is 18.2 Å². The highest BCUT2D eigenvalue weighted by atomic mass is 16.5. The Morgan fingerprint density at radius 1 is 1.33 bits per heavy atom. The quantitative estimate of drug-likeness (QED) is 0.823. The van der Waals surface area contributed by atoms with Crippen molar-refractivity contribution in [2.24, 2.45) is 5.73 Å². The van der Waals surface area contributed by atoms with Gasteiger partial charge in [-0.05, 0) is 44.4 Å². The molecule has 0 aliphatic rings. The molecule has 0 spiro atoms. The second-order valence-corrected chi connectivity index (χ2v) is 4.21. The second kappa shape index (κ2) is 5.17. The molecule has 0 saturated heterocycles. The minimum absolute atomic E-state index is 0.136. The molecule has 0 heterocycles. The van der Waals surface area contributed by atoms with Gasteiger partial charge in [-0.25, -0.2) is 0 Å². The molecule has 15 heavy (non-hydrogen) atoms. The van der Waals surface area contributed by atoms with Gasteiger partial charge in [-0.1, -0.05) is 19.1 Å². The van der Waals surface area contributed by atoms with Gasteiger partial charge in [0.25, 0.3) is 0 Å². The van der Waals surface area contributed by atoms with Crippen molar-refractivity contribution in [3.63, 3.8) is 0 Å². The second-order valence-electron chi connectivity index (χ2n) is 4.21. The topological polar surface area (TPSA) is 35.2 Å². The lowest BCUT2D eigenvalue weighted by Crippen LogP contribution is -2.10. The van der Waals surface area contributed by atoms with Gasteiger partial charge in [-0.15, -0.1) is 0 Å². The molecule has 84 valence electrons. The van der Waals surface area contributed by atoms with E-state index in [1.807, 2.05) is 19.9 Å². The highest BCUT2D eigenvalue weighted by Crippen LogP contribution is 2.23. The molecule has 0 aromatic heterocycles. The summed E-state index contributed by atoms with van der Waals surface area (Å²) < 4.78 is 5.67. The van der Waals surface area contributed by atoms with Gasteiger partial charge in [-0.3, -0.25) is 0 Å². The Balaban J connectivity index is 2.88. The minimum Gasteiger partial charge on any atom is -0.491 e. The van der Waals surface area contributed by atoms with Gasteiger partial charge in [0.05, 0.1) is 6.10 Å². The molecule has 0 radical (unpaired) electrons. The summed E-state index contributed by atoms with van der Waals surface area (Å²) in [6.07, 6.45) is 1.18. The predicted octanol–water partition coefficient (Wildman–Crippen LogP) is 3.19. The number of nitrogens with two attached hydrogens (primary N) is 1. The molecule has 1 aromatic carbocycles. The molecule has 0 bridgehead atoms. The van der Waals surface area contributed by atoms with Gasteiger partial charge in [0.2, 0.25) is 0 Å². The highest BCUT2D eigenvalue weighted by molar-refractivity contribution is 5.37. The predicted molar refractivity (Wildman–Crippen MR) is 64.2 cm³/mol. The summed E-state index contributed by atoms with van der Waals surface area (Å²) in [5, 5.41) is 0. The molecular weight excluding hydrogens is 186 g/mol. The Labute approximate surface area is 92.4 Å². The number of ether oxygens (including phenoxy) is 1. The first-order valence-corrected chi connectivity index (χ1v) is 5.57. The van der Waals surface area contributed by atoms with Crippen molar-refractivity contribution in [1.82, 2.24) is 0 Å². The van der Waals surface area contributed by atoms with Gasteiger partial charge in [0.1, 0.15) is 5.75 Å². The van der Waals surface area contributed by atoms with Crippen LogP contribution in [0.4, 0.5) is 0 Å². The molecule has 1 aromatic rings. The van der Waals surface area contributed by atoms with Crippen LogP contribution in [0.2, 0.25) is 0 Å². The summed E-state index contributed by atoms with van der Waals surface area (Å²) in [7, 11) is 0. The van der Waals surface area contributed by atoms with E-state index in [-0.39, 0.29) is 12.1 Å². The average molecular weight is 207 g/mol. The summed E-state index contributed by atoms with van der Waals surface area (Å²) in [6.45, 7) is 8.22. The van der Waals surface area contributed by atoms with E-state index in [0.717, 1.165) is 17.7 Å². The summed E-state index contributed by atoms with van der Waals surface area (Å²) >= 11 is 0. The summed E-state index contributed by atoms with van der Waals surface area (Å²) in [6, 6.07) is 6.32. The molecule has 1 unspecified atom stereocenters. The Hall–Kier alpha value is -1.02. The molecule has 0 aliphatic carbocycles. The molecule has 0 saturated carbocycles. The smallest absolute Gasteiger partial charge is 0.122 e. The van der Waals surface area contributed by atoms with Crippen LogP contribution in [0.5, 0.6) is 5.75 Å². The molecular formula is C13H21NO. The van der Waals surface area contributed by atoms with Gasteiger partial charge in [0.15, 0.2) is 0 Å². The van der Waals surface area contributed by atoms with E-state index < -0.39 is 0 Å². The number of rotatable bonds is 4. The Kier molecular flexibility index (Phi) is 4.15. The van der Waals surface area contributed by atoms with E-state index in [4.69, 9.17) is 10.5 Å². The van der Waals surface area contributed by atoms with Crippen molar-refractivity contribution < 1.29 is 4.74 Å². The number of aryl methyl sites for hydroxylation is 1. The van der Waals surface area contributed by atoms with Crippen LogP contribution < -0.4 is 10.5 Å². The van der Waals surface area contributed by atoms with Crippen LogP contribution in [0.1, 0.15) is 44.4 Å². The Bertz CT molecular complexity index is 320. The summed E-state index contributed by atoms with van der Waals surface area (Å²) in [4.78, 5) is 0. The minimum atomic E-state index is 0.136. The first kappa shape index (κ1) is 12.1. The number of hydrogen-bond donors (Lipinski definition) is 1. The van der Waals surface area contributed by atoms with E-state index in [1.54, 1.807) is 0 Å². The van der Waals surface area contributed by atoms with Crippen molar-refractivity contribution >= 4 is 0 Å². The van der Waals surface area contributed by atoms with Crippen LogP contribution in [-0.4, -0.2) is 6.10 Å². The van der Waals surface area contributed by atoms with Crippen LogP contribution in [0.25, 0.3) is 0 Å². The maximum Gasteiger partial charge on any atom is 0.122 e. The van der Waals surface area contributed by atoms with Gasteiger partial charge < -0.3 is 10.5 Å². The molecule has 0 aliphatic heterocycles. The lowest BCUT2D eigenvalue weighted by molar-refractivity contribution is 0.240. The molecule has 2 heteroatoms. The SMILES string of the molecule is CCC(N)c1ccc(OC(C)C)c(C)c1. The zero-order valence-electron chi connectivity index (χ0n) is 10.1. The third-order valence-electron chi connectivity index (χ3n) is 2.43. The Morgan fingerprint density at radius 3 is 2.47 bits per heavy atom. The lowest BCUT2D eigenvalue weighted by Gasteiger charge is -2.15. The van der Waals surface area contributed by atoms with Crippen molar-refractivity contribution in [2.75, 3.05) is 0 Å². The first-order valence-electron chi connectivity index (χ1n) is 5.57. The van der Waals surface area contributed by atoms with Crippen molar-refractivity contribution in [1.29, 1.82) is 0 Å². The van der Waals surface area contributed by atoms with Gasteiger partial charge >= 0.3 is 0 Å². The molecule has 2 nitrogen and oxygen atoms in total. The third-order valence-corrected chi connectivity index (χ3v) is 2.43. The van der Waals surface area contributed by atoms with Crippen molar-refractivity contribution in [3.8, 4) is 5.75 Å². The molecule has 1 rings (SSSR count). The maximum atomic E-state index is 5.97. The number of benzene rings is 1. The zero-order chi connectivity index (χ0) is 11.4. The van der Waals surface area contributed by atoms with E-state index in [2.05, 4.69) is 26.0 Å². The zero-order valence-corrected chi connectivity index (χ0v) is 10.1. The summed E-state index contributed by atoms with van der Waals surface area (Å²) in [5.41, 5.74) is 8.32.